The van der Waals surface area contributed by atoms with Crippen LogP contribution in [0.3, 0.4) is 0 Å². The van der Waals surface area contributed by atoms with Crippen LogP contribution in [0, 0.1) is 23.7 Å². The smallest absolute Gasteiger partial charge is 0.417 e. The summed E-state index contributed by atoms with van der Waals surface area (Å²) in [6.07, 6.45) is -2.61. The zero-order valence-corrected chi connectivity index (χ0v) is 28.6. The van der Waals surface area contributed by atoms with Crippen molar-refractivity contribution in [2.45, 2.75) is 30.4 Å². The number of nitrogens with zero attached hydrogens (tertiary/aromatic N) is 3. The van der Waals surface area contributed by atoms with Crippen LogP contribution in [0.15, 0.2) is 64.8 Å². The fourth-order valence-electron chi connectivity index (χ4n) is 8.06. The second-order valence-electron chi connectivity index (χ2n) is 12.5. The third-order valence-corrected chi connectivity index (χ3v) is 11.3. The lowest BCUT2D eigenvalue weighted by molar-refractivity contribution is -0.173. The predicted octanol–water partition coefficient (Wildman–Crippen LogP) is 6.26. The van der Waals surface area contributed by atoms with Crippen LogP contribution >= 0.6 is 39.1 Å². The Morgan fingerprint density at radius 1 is 1.04 bits per heavy atom. The Hall–Kier alpha value is -4.18. The van der Waals surface area contributed by atoms with Crippen molar-refractivity contribution < 1.29 is 47.4 Å². The standard InChI is InChI=1S/C33H24BrCl2F3N4O7/c1-50-23-9-13(8-21(34)26(23)44)25-17-6-7-18-24(30(47)43(49)28(18)45)19(17)11-20-29(46)42(31(48)32(20,25)14-2-4-16(35)5-3-14)41-27-22(36)10-15(12-40-27)33(37,38)39/h2-6,8-10,12,18-20,24-25,44,49H,7,11H2,1H3,(H,40,41)/t18-,19+,20-,24-,25-,32+/m0/s1. The van der Waals surface area contributed by atoms with Gasteiger partial charge in [0.25, 0.3) is 23.6 Å². The van der Waals surface area contributed by atoms with Gasteiger partial charge in [-0.25, -0.2) is 4.98 Å². The molecule has 2 saturated heterocycles. The van der Waals surface area contributed by atoms with E-state index in [1.54, 1.807) is 24.3 Å². The summed E-state index contributed by atoms with van der Waals surface area (Å²) in [7, 11) is 1.33. The molecule has 1 saturated carbocycles. The number of hydrogen-bond acceptors (Lipinski definition) is 9. The number of hydrazine groups is 1. The first-order chi connectivity index (χ1) is 23.6. The molecular weight excluding hydrogens is 772 g/mol. The highest BCUT2D eigenvalue weighted by molar-refractivity contribution is 9.10. The number of methoxy groups -OCH3 is 1. The SMILES string of the molecule is COc1cc([C@H]2C3=CC[C@@H]4C(=O)N(O)C(=O)[C@@H]4[C@@H]3C[C@H]3C(=O)N(Nc4ncc(C(F)(F)F)cc4Cl)C(=O)[C@@]23c2ccc(Cl)cc2)cc(Br)c1O. The number of phenols is 1. The number of pyridine rings is 1. The van der Waals surface area contributed by atoms with Gasteiger partial charge in [-0.3, -0.25) is 29.8 Å². The number of anilines is 1. The fraction of sp³-hybridized carbons (Fsp3) is 0.303. The molecular formula is C33H24BrCl2F3N4O7. The van der Waals surface area contributed by atoms with Gasteiger partial charge >= 0.3 is 6.18 Å². The third kappa shape index (κ3) is 4.92. The van der Waals surface area contributed by atoms with Crippen LogP contribution in [-0.2, 0) is 30.8 Å². The molecule has 6 atom stereocenters. The number of allylic oxidation sites excluding steroid dienone is 2. The molecule has 7 rings (SSSR count). The Bertz CT molecular complexity index is 2030. The van der Waals surface area contributed by atoms with E-state index in [1.165, 1.54) is 25.3 Å². The molecule has 11 nitrogen and oxygen atoms in total. The molecule has 0 radical (unpaired) electrons. The van der Waals surface area contributed by atoms with Gasteiger partial charge in [0.15, 0.2) is 17.3 Å². The number of ether oxygens (including phenoxy) is 1. The summed E-state index contributed by atoms with van der Waals surface area (Å²) in [6, 6.07) is 9.89. The van der Waals surface area contributed by atoms with E-state index in [4.69, 9.17) is 27.9 Å². The van der Waals surface area contributed by atoms with Crippen molar-refractivity contribution in [3.63, 3.8) is 0 Å². The zero-order valence-electron chi connectivity index (χ0n) is 25.5. The molecule has 0 spiro atoms. The number of halogens is 6. The van der Waals surface area contributed by atoms with Crippen LogP contribution in [0.5, 0.6) is 11.5 Å². The number of fused-ring (bicyclic) bond motifs is 4. The topological polar surface area (TPSA) is 149 Å². The average molecular weight is 796 g/mol. The minimum absolute atomic E-state index is 0.0229. The van der Waals surface area contributed by atoms with Gasteiger partial charge in [0.2, 0.25) is 0 Å². The summed E-state index contributed by atoms with van der Waals surface area (Å²) >= 11 is 15.8. The monoisotopic (exact) mass is 794 g/mol. The van der Waals surface area contributed by atoms with E-state index >= 15 is 4.79 Å². The molecule has 3 fully saturated rings. The van der Waals surface area contributed by atoms with Crippen molar-refractivity contribution in [3.8, 4) is 11.5 Å². The number of alkyl halides is 3. The Labute approximate surface area is 299 Å². The number of amides is 4. The molecule has 17 heteroatoms. The molecule has 3 heterocycles. The van der Waals surface area contributed by atoms with Crippen molar-refractivity contribution in [2.24, 2.45) is 23.7 Å². The number of rotatable bonds is 5. The number of carbonyl (C=O) groups excluding carboxylic acids is 4. The van der Waals surface area contributed by atoms with Crippen molar-refractivity contribution in [1.29, 1.82) is 0 Å². The number of hydrogen-bond donors (Lipinski definition) is 3. The maximum atomic E-state index is 15.1. The van der Waals surface area contributed by atoms with Gasteiger partial charge in [-0.1, -0.05) is 47.0 Å². The molecule has 0 bridgehead atoms. The van der Waals surface area contributed by atoms with E-state index in [0.717, 1.165) is 0 Å². The highest BCUT2D eigenvalue weighted by Gasteiger charge is 2.70. The number of nitrogens with one attached hydrogen (secondary N) is 1. The third-order valence-electron chi connectivity index (χ3n) is 10.1. The molecule has 260 valence electrons. The number of phenolic OH excluding ortho intramolecular Hbond substituents is 1. The van der Waals surface area contributed by atoms with Gasteiger partial charge in [-0.15, -0.1) is 0 Å². The maximum absolute atomic E-state index is 15.1. The zero-order chi connectivity index (χ0) is 36.0. The predicted molar refractivity (Wildman–Crippen MR) is 173 cm³/mol. The van der Waals surface area contributed by atoms with Crippen LogP contribution in [0.4, 0.5) is 19.0 Å². The van der Waals surface area contributed by atoms with E-state index in [-0.39, 0.29) is 33.9 Å². The second-order valence-corrected chi connectivity index (χ2v) is 14.2. The van der Waals surface area contributed by atoms with E-state index in [9.17, 15) is 37.9 Å². The van der Waals surface area contributed by atoms with Crippen molar-refractivity contribution >= 4 is 68.6 Å². The summed E-state index contributed by atoms with van der Waals surface area (Å²) in [5.74, 6) is -8.98. The Kier molecular flexibility index (Phi) is 8.20. The Morgan fingerprint density at radius 3 is 2.38 bits per heavy atom. The Balaban J connectivity index is 1.47. The minimum atomic E-state index is -4.76. The highest BCUT2D eigenvalue weighted by Crippen LogP contribution is 2.64. The highest BCUT2D eigenvalue weighted by atomic mass is 79.9. The van der Waals surface area contributed by atoms with Gasteiger partial charge in [0.1, 0.15) is 0 Å². The molecule has 1 aromatic heterocycles. The van der Waals surface area contributed by atoms with Crippen molar-refractivity contribution in [3.05, 3.63) is 91.5 Å². The molecule has 2 aliphatic carbocycles. The summed E-state index contributed by atoms with van der Waals surface area (Å²) in [5.41, 5.74) is 0.857. The lowest BCUT2D eigenvalue weighted by Crippen LogP contribution is -2.53. The summed E-state index contributed by atoms with van der Waals surface area (Å²) < 4.78 is 45.8. The first kappa shape index (κ1) is 34.3. The molecule has 50 heavy (non-hydrogen) atoms. The van der Waals surface area contributed by atoms with Crippen LogP contribution in [0.2, 0.25) is 10.0 Å². The lowest BCUT2D eigenvalue weighted by Gasteiger charge is -2.50. The number of carbonyl (C=O) groups is 4. The van der Waals surface area contributed by atoms with E-state index in [0.29, 0.717) is 39.0 Å². The van der Waals surface area contributed by atoms with Crippen LogP contribution < -0.4 is 10.2 Å². The number of hydroxylamine groups is 2. The fourth-order valence-corrected chi connectivity index (χ4v) is 8.85. The molecule has 3 N–H and O–H groups in total. The number of benzene rings is 2. The van der Waals surface area contributed by atoms with E-state index in [2.05, 4.69) is 26.3 Å². The number of imide groups is 2. The quantitative estimate of drug-likeness (QED) is 0.155. The van der Waals surface area contributed by atoms with Crippen LogP contribution in [0.1, 0.15) is 35.4 Å². The van der Waals surface area contributed by atoms with Crippen LogP contribution in [-0.4, -0.2) is 56.1 Å². The second kappa shape index (κ2) is 12.0. The first-order valence-electron chi connectivity index (χ1n) is 15.1. The molecule has 3 aromatic rings. The normalized spacial score (nSPS) is 27.6. The lowest BCUT2D eigenvalue weighted by atomic mass is 9.49. The molecule has 2 aromatic carbocycles. The van der Waals surface area contributed by atoms with Gasteiger partial charge in [0, 0.05) is 17.1 Å². The van der Waals surface area contributed by atoms with Crippen LogP contribution in [0.25, 0.3) is 0 Å². The maximum Gasteiger partial charge on any atom is 0.417 e. The van der Waals surface area contributed by atoms with E-state index < -0.39 is 81.2 Å². The van der Waals surface area contributed by atoms with Gasteiger partial charge < -0.3 is 9.84 Å². The summed E-state index contributed by atoms with van der Waals surface area (Å²) in [4.78, 5) is 59.8. The van der Waals surface area contributed by atoms with Crippen molar-refractivity contribution in [1.82, 2.24) is 15.1 Å². The van der Waals surface area contributed by atoms with E-state index in [1.807, 2.05) is 0 Å². The first-order valence-corrected chi connectivity index (χ1v) is 16.6. The van der Waals surface area contributed by atoms with Gasteiger partial charge in [-0.2, -0.15) is 23.2 Å². The Morgan fingerprint density at radius 2 is 1.74 bits per heavy atom. The largest absolute Gasteiger partial charge is 0.503 e. The minimum Gasteiger partial charge on any atom is -0.503 e. The van der Waals surface area contributed by atoms with Crippen molar-refractivity contribution in [2.75, 3.05) is 12.5 Å². The average Bonchev–Trinajstić information content (AvgIpc) is 3.43. The molecule has 2 aliphatic heterocycles. The molecule has 4 amide bonds. The number of aromatic nitrogens is 1. The number of aromatic hydroxyl groups is 1. The summed E-state index contributed by atoms with van der Waals surface area (Å²) in [6.45, 7) is 0. The van der Waals surface area contributed by atoms with Gasteiger partial charge in [0.05, 0.1) is 45.3 Å². The molecule has 0 unspecified atom stereocenters. The molecule has 4 aliphatic rings. The van der Waals surface area contributed by atoms with Gasteiger partial charge in [-0.05, 0) is 76.1 Å². The summed E-state index contributed by atoms with van der Waals surface area (Å²) in [5, 5.41) is 21.6.